The van der Waals surface area contributed by atoms with Crippen molar-refractivity contribution >= 4 is 5.91 Å². The van der Waals surface area contributed by atoms with Crippen molar-refractivity contribution in [1.82, 2.24) is 20.0 Å². The van der Waals surface area contributed by atoms with E-state index in [1.807, 2.05) is 43.9 Å². The Morgan fingerprint density at radius 3 is 2.48 bits per heavy atom. The Balaban J connectivity index is 1.55. The smallest absolute Gasteiger partial charge is 0.225 e. The number of hydrogen-bond acceptors (Lipinski definition) is 5. The molecule has 1 atom stereocenters. The maximum atomic E-state index is 12.9. The Kier molecular flexibility index (Phi) is 6.79. The molecular weight excluding hydrogens is 368 g/mol. The molecule has 3 rings (SSSR count). The molecule has 2 aromatic rings. The number of nitrogens with one attached hydrogen (secondary N) is 1. The average molecular weight is 401 g/mol. The molecule has 1 saturated heterocycles. The number of H-pyrrole nitrogens is 1. The maximum Gasteiger partial charge on any atom is 0.225 e. The lowest BCUT2D eigenvalue weighted by atomic mass is 9.98. The molecule has 0 spiro atoms. The van der Waals surface area contributed by atoms with Gasteiger partial charge in [-0.05, 0) is 44.0 Å². The summed E-state index contributed by atoms with van der Waals surface area (Å²) in [6, 6.07) is 5.87. The molecule has 1 N–H and O–H groups in total. The van der Waals surface area contributed by atoms with Crippen molar-refractivity contribution in [1.29, 1.82) is 0 Å². The lowest BCUT2D eigenvalue weighted by molar-refractivity contribution is -0.136. The SMILES string of the molecule is COc1ccc(OC)c(CN2CCN(C(=O)C(C)Cc3c(C)n[nH]c3C)CC2)c1. The number of aromatic amines is 1. The van der Waals surface area contributed by atoms with Crippen LogP contribution in [-0.2, 0) is 17.8 Å². The van der Waals surface area contributed by atoms with Gasteiger partial charge in [0.25, 0.3) is 0 Å². The topological polar surface area (TPSA) is 70.7 Å². The fourth-order valence-corrected chi connectivity index (χ4v) is 3.95. The molecule has 1 aliphatic rings. The predicted molar refractivity (Wildman–Crippen MR) is 112 cm³/mol. The molecule has 1 aliphatic heterocycles. The van der Waals surface area contributed by atoms with Crippen molar-refractivity contribution in [3.05, 3.63) is 40.7 Å². The summed E-state index contributed by atoms with van der Waals surface area (Å²) < 4.78 is 10.8. The standard InChI is InChI=1S/C22H32N4O3/c1-15(12-20-16(2)23-24-17(20)3)22(27)26-10-8-25(9-11-26)14-18-13-19(28-4)6-7-21(18)29-5/h6-7,13,15H,8-12,14H2,1-5H3,(H,23,24). The van der Waals surface area contributed by atoms with Gasteiger partial charge < -0.3 is 14.4 Å². The van der Waals surface area contributed by atoms with Crippen LogP contribution in [0.15, 0.2) is 18.2 Å². The van der Waals surface area contributed by atoms with Crippen LogP contribution >= 0.6 is 0 Å². The Bertz CT molecular complexity index is 821. The second-order valence-corrected chi connectivity index (χ2v) is 7.80. The van der Waals surface area contributed by atoms with Crippen molar-refractivity contribution in [3.63, 3.8) is 0 Å². The molecule has 1 unspecified atom stereocenters. The normalized spacial score (nSPS) is 16.0. The van der Waals surface area contributed by atoms with E-state index in [4.69, 9.17) is 9.47 Å². The summed E-state index contributed by atoms with van der Waals surface area (Å²) in [5.74, 6) is 1.87. The van der Waals surface area contributed by atoms with Crippen LogP contribution in [0.1, 0.15) is 29.4 Å². The van der Waals surface area contributed by atoms with Gasteiger partial charge in [-0.25, -0.2) is 0 Å². The Morgan fingerprint density at radius 1 is 1.17 bits per heavy atom. The second kappa shape index (κ2) is 9.31. The summed E-state index contributed by atoms with van der Waals surface area (Å²) in [6.45, 7) is 10.00. The summed E-state index contributed by atoms with van der Waals surface area (Å²) >= 11 is 0. The van der Waals surface area contributed by atoms with E-state index >= 15 is 0 Å². The quantitative estimate of drug-likeness (QED) is 0.774. The second-order valence-electron chi connectivity index (χ2n) is 7.80. The Hall–Kier alpha value is -2.54. The molecule has 0 radical (unpaired) electrons. The van der Waals surface area contributed by atoms with E-state index in [-0.39, 0.29) is 11.8 Å². The first-order chi connectivity index (χ1) is 13.9. The van der Waals surface area contributed by atoms with Gasteiger partial charge >= 0.3 is 0 Å². The molecule has 0 bridgehead atoms. The number of carbonyl (C=O) groups excluding carboxylic acids is 1. The fourth-order valence-electron chi connectivity index (χ4n) is 3.95. The van der Waals surface area contributed by atoms with E-state index < -0.39 is 0 Å². The number of nitrogens with zero attached hydrogens (tertiary/aromatic N) is 3. The minimum Gasteiger partial charge on any atom is -0.497 e. The lowest BCUT2D eigenvalue weighted by Gasteiger charge is -2.36. The van der Waals surface area contributed by atoms with Crippen LogP contribution in [0.3, 0.4) is 0 Å². The first-order valence-corrected chi connectivity index (χ1v) is 10.2. The monoisotopic (exact) mass is 400 g/mol. The molecule has 158 valence electrons. The van der Waals surface area contributed by atoms with Gasteiger partial charge in [0.2, 0.25) is 5.91 Å². The molecule has 1 amide bonds. The van der Waals surface area contributed by atoms with Crippen LogP contribution in [0, 0.1) is 19.8 Å². The molecule has 7 nitrogen and oxygen atoms in total. The Labute approximate surface area is 173 Å². The minimum absolute atomic E-state index is 0.0463. The summed E-state index contributed by atoms with van der Waals surface area (Å²) in [5.41, 5.74) is 4.30. The number of methoxy groups -OCH3 is 2. The zero-order valence-corrected chi connectivity index (χ0v) is 18.1. The van der Waals surface area contributed by atoms with E-state index in [0.717, 1.165) is 73.2 Å². The molecule has 1 fully saturated rings. The van der Waals surface area contributed by atoms with E-state index in [1.165, 1.54) is 0 Å². The van der Waals surface area contributed by atoms with Gasteiger partial charge in [0.1, 0.15) is 11.5 Å². The van der Waals surface area contributed by atoms with Crippen molar-refractivity contribution in [2.75, 3.05) is 40.4 Å². The van der Waals surface area contributed by atoms with E-state index in [0.29, 0.717) is 0 Å². The van der Waals surface area contributed by atoms with Crippen molar-refractivity contribution in [2.45, 2.75) is 33.7 Å². The van der Waals surface area contributed by atoms with E-state index in [9.17, 15) is 4.79 Å². The van der Waals surface area contributed by atoms with Crippen molar-refractivity contribution < 1.29 is 14.3 Å². The predicted octanol–water partition coefficient (Wildman–Crippen LogP) is 2.57. The van der Waals surface area contributed by atoms with Crippen LogP contribution in [0.2, 0.25) is 0 Å². The fraction of sp³-hybridized carbons (Fsp3) is 0.545. The van der Waals surface area contributed by atoms with Crippen molar-refractivity contribution in [2.24, 2.45) is 5.92 Å². The third kappa shape index (κ3) is 4.90. The van der Waals surface area contributed by atoms with Crippen molar-refractivity contribution in [3.8, 4) is 11.5 Å². The number of piperazine rings is 1. The number of aryl methyl sites for hydroxylation is 2. The van der Waals surface area contributed by atoms with E-state index in [1.54, 1.807) is 14.2 Å². The van der Waals surface area contributed by atoms with Crippen LogP contribution in [0.5, 0.6) is 11.5 Å². The number of carbonyl (C=O) groups is 1. The first kappa shape index (κ1) is 21.2. The summed E-state index contributed by atoms with van der Waals surface area (Å²) in [4.78, 5) is 17.3. The van der Waals surface area contributed by atoms with Gasteiger partial charge in [0.05, 0.1) is 19.9 Å². The van der Waals surface area contributed by atoms with Gasteiger partial charge in [-0.15, -0.1) is 0 Å². The molecule has 2 heterocycles. The van der Waals surface area contributed by atoms with Gasteiger partial charge in [0.15, 0.2) is 0 Å². The number of aromatic nitrogens is 2. The highest BCUT2D eigenvalue weighted by Crippen LogP contribution is 2.26. The first-order valence-electron chi connectivity index (χ1n) is 10.2. The van der Waals surface area contributed by atoms with Crippen LogP contribution in [0.4, 0.5) is 0 Å². The summed E-state index contributed by atoms with van der Waals surface area (Å²) in [7, 11) is 3.36. The number of hydrogen-bond donors (Lipinski definition) is 1. The highest BCUT2D eigenvalue weighted by molar-refractivity contribution is 5.79. The zero-order chi connectivity index (χ0) is 21.0. The number of benzene rings is 1. The Morgan fingerprint density at radius 2 is 1.90 bits per heavy atom. The maximum absolute atomic E-state index is 12.9. The molecule has 7 heteroatoms. The van der Waals surface area contributed by atoms with Gasteiger partial charge in [0, 0.05) is 49.9 Å². The zero-order valence-electron chi connectivity index (χ0n) is 18.1. The molecule has 0 aliphatic carbocycles. The van der Waals surface area contributed by atoms with Crippen LogP contribution in [0.25, 0.3) is 0 Å². The highest BCUT2D eigenvalue weighted by Gasteiger charge is 2.26. The molecular formula is C22H32N4O3. The average Bonchev–Trinajstić information content (AvgIpc) is 3.05. The van der Waals surface area contributed by atoms with Gasteiger partial charge in [-0.1, -0.05) is 6.92 Å². The van der Waals surface area contributed by atoms with Gasteiger partial charge in [-0.2, -0.15) is 5.10 Å². The van der Waals surface area contributed by atoms with Gasteiger partial charge in [-0.3, -0.25) is 14.8 Å². The largest absolute Gasteiger partial charge is 0.497 e. The molecule has 1 aromatic carbocycles. The summed E-state index contributed by atoms with van der Waals surface area (Å²) in [5, 5.41) is 7.25. The van der Waals surface area contributed by atoms with Crippen LogP contribution in [-0.4, -0.2) is 66.3 Å². The molecule has 29 heavy (non-hydrogen) atoms. The summed E-state index contributed by atoms with van der Waals surface area (Å²) in [6.07, 6.45) is 0.730. The van der Waals surface area contributed by atoms with Crippen LogP contribution < -0.4 is 9.47 Å². The third-order valence-electron chi connectivity index (χ3n) is 5.78. The number of amides is 1. The van der Waals surface area contributed by atoms with E-state index in [2.05, 4.69) is 15.1 Å². The lowest BCUT2D eigenvalue weighted by Crippen LogP contribution is -2.49. The molecule has 0 saturated carbocycles. The number of ether oxygens (including phenoxy) is 2. The number of rotatable bonds is 7. The minimum atomic E-state index is -0.0463. The highest BCUT2D eigenvalue weighted by atomic mass is 16.5. The third-order valence-corrected chi connectivity index (χ3v) is 5.78. The molecule has 1 aromatic heterocycles.